The molecule has 0 amide bonds. The van der Waals surface area contributed by atoms with Gasteiger partial charge in [0.05, 0.1) is 11.4 Å². The summed E-state index contributed by atoms with van der Waals surface area (Å²) in [5, 5.41) is 14.0. The van der Waals surface area contributed by atoms with Crippen LogP contribution < -0.4 is 11.0 Å². The third-order valence-corrected chi connectivity index (χ3v) is 3.69. The highest BCUT2D eigenvalue weighted by molar-refractivity contribution is 6.30. The minimum atomic E-state index is -0.808. The molecule has 1 aromatic heterocycles. The molecule has 0 saturated carbocycles. The second kappa shape index (κ2) is 6.82. The Kier molecular flexibility index (Phi) is 4.59. The second-order valence-electron chi connectivity index (χ2n) is 4.82. The van der Waals surface area contributed by atoms with Gasteiger partial charge in [0.1, 0.15) is 0 Å². The fourth-order valence-corrected chi connectivity index (χ4v) is 2.24. The van der Waals surface area contributed by atoms with Crippen molar-refractivity contribution in [3.05, 3.63) is 79.2 Å². The van der Waals surface area contributed by atoms with Gasteiger partial charge in [-0.2, -0.15) is 5.11 Å². The number of hydrogen-bond acceptors (Lipinski definition) is 4. The van der Waals surface area contributed by atoms with Gasteiger partial charge in [0.25, 0.3) is 5.43 Å². The number of benzene rings is 2. The number of rotatable bonds is 3. The molecule has 3 aromatic rings. The van der Waals surface area contributed by atoms with Crippen molar-refractivity contribution in [3.63, 3.8) is 0 Å². The van der Waals surface area contributed by atoms with Gasteiger partial charge in [-0.05, 0) is 36.4 Å². The van der Waals surface area contributed by atoms with Crippen LogP contribution in [0.25, 0.3) is 11.3 Å². The monoisotopic (exact) mass is 360 g/mol. The zero-order valence-corrected chi connectivity index (χ0v) is 13.6. The van der Waals surface area contributed by atoms with Crippen molar-refractivity contribution in [2.45, 2.75) is 0 Å². The molecule has 0 aliphatic rings. The largest absolute Gasteiger partial charge is 0.312 e. The normalized spacial score (nSPS) is 11.1. The van der Waals surface area contributed by atoms with Gasteiger partial charge < -0.3 is 0 Å². The van der Waals surface area contributed by atoms with E-state index in [9.17, 15) is 9.59 Å². The van der Waals surface area contributed by atoms with Gasteiger partial charge in [-0.25, -0.2) is 0 Å². The maximum Gasteiger partial charge on any atom is 0.312 e. The molecule has 1 heterocycles. The van der Waals surface area contributed by atoms with E-state index in [0.717, 1.165) is 0 Å². The van der Waals surface area contributed by atoms with Gasteiger partial charge in [-0.3, -0.25) is 19.8 Å². The number of nitrogens with one attached hydrogen (secondary N) is 2. The van der Waals surface area contributed by atoms with E-state index < -0.39 is 11.0 Å². The van der Waals surface area contributed by atoms with Crippen LogP contribution >= 0.6 is 23.2 Å². The summed E-state index contributed by atoms with van der Waals surface area (Å²) in [6, 6.07) is 13.3. The van der Waals surface area contributed by atoms with E-state index in [2.05, 4.69) is 20.4 Å². The van der Waals surface area contributed by atoms with Crippen molar-refractivity contribution >= 4 is 34.6 Å². The summed E-state index contributed by atoms with van der Waals surface area (Å²) < 4.78 is 0. The Morgan fingerprint density at radius 1 is 0.750 bits per heavy atom. The summed E-state index contributed by atoms with van der Waals surface area (Å²) in [4.78, 5) is 23.7. The Balaban J connectivity index is 2.10. The predicted molar refractivity (Wildman–Crippen MR) is 93.8 cm³/mol. The zero-order valence-electron chi connectivity index (χ0n) is 12.1. The SMILES string of the molecule is O=c1[nH][nH]c(-c2ccc(Cl)cc2)c(N=Nc2ccc(Cl)cc2)c1=O. The number of hydrogen-bond donors (Lipinski definition) is 2. The first-order chi connectivity index (χ1) is 11.5. The van der Waals surface area contributed by atoms with Gasteiger partial charge in [0.15, 0.2) is 5.69 Å². The van der Waals surface area contributed by atoms with Gasteiger partial charge in [-0.15, -0.1) is 5.11 Å². The fraction of sp³-hybridized carbons (Fsp3) is 0. The summed E-state index contributed by atoms with van der Waals surface area (Å²) in [5.74, 6) is 0. The minimum Gasteiger partial charge on any atom is -0.295 e. The van der Waals surface area contributed by atoms with E-state index in [1.54, 1.807) is 48.5 Å². The highest BCUT2D eigenvalue weighted by Gasteiger charge is 2.12. The lowest BCUT2D eigenvalue weighted by Gasteiger charge is -2.04. The molecule has 2 N–H and O–H groups in total. The van der Waals surface area contributed by atoms with Crippen molar-refractivity contribution in [3.8, 4) is 11.3 Å². The molecule has 120 valence electrons. The van der Waals surface area contributed by atoms with Crippen LogP contribution in [0.3, 0.4) is 0 Å². The van der Waals surface area contributed by atoms with E-state index >= 15 is 0 Å². The third kappa shape index (κ3) is 3.45. The number of aromatic amines is 2. The summed E-state index contributed by atoms with van der Waals surface area (Å²) in [5.41, 5.74) is -0.196. The van der Waals surface area contributed by atoms with Crippen LogP contribution in [0.4, 0.5) is 11.4 Å². The first-order valence-electron chi connectivity index (χ1n) is 6.83. The lowest BCUT2D eigenvalue weighted by Crippen LogP contribution is -2.27. The Hall–Kier alpha value is -2.70. The lowest BCUT2D eigenvalue weighted by atomic mass is 10.1. The van der Waals surface area contributed by atoms with Crippen LogP contribution in [0.15, 0.2) is 68.3 Å². The van der Waals surface area contributed by atoms with E-state index in [0.29, 0.717) is 27.0 Å². The van der Waals surface area contributed by atoms with Crippen molar-refractivity contribution in [2.75, 3.05) is 0 Å². The number of aromatic nitrogens is 2. The summed E-state index contributed by atoms with van der Waals surface area (Å²) in [7, 11) is 0. The van der Waals surface area contributed by atoms with Gasteiger partial charge >= 0.3 is 5.56 Å². The Labute approximate surface area is 145 Å². The highest BCUT2D eigenvalue weighted by atomic mass is 35.5. The summed E-state index contributed by atoms with van der Waals surface area (Å²) >= 11 is 11.7. The smallest absolute Gasteiger partial charge is 0.295 e. The van der Waals surface area contributed by atoms with Crippen LogP contribution in [0.5, 0.6) is 0 Å². The molecule has 0 fully saturated rings. The fourth-order valence-electron chi connectivity index (χ4n) is 1.99. The number of azo groups is 1. The average Bonchev–Trinajstić information content (AvgIpc) is 2.58. The Morgan fingerprint density at radius 3 is 1.96 bits per heavy atom. The predicted octanol–water partition coefficient (Wildman–Crippen LogP) is 4.45. The summed E-state index contributed by atoms with van der Waals surface area (Å²) in [6.07, 6.45) is 0. The molecule has 24 heavy (non-hydrogen) atoms. The maximum atomic E-state index is 12.1. The molecule has 2 aromatic carbocycles. The molecule has 0 unspecified atom stereocenters. The van der Waals surface area contributed by atoms with Gasteiger partial charge in [-0.1, -0.05) is 35.3 Å². The molecule has 8 heteroatoms. The molecule has 0 spiro atoms. The molecule has 3 rings (SSSR count). The first-order valence-corrected chi connectivity index (χ1v) is 7.58. The van der Waals surface area contributed by atoms with Gasteiger partial charge in [0.2, 0.25) is 0 Å². The molecule has 0 bridgehead atoms. The Morgan fingerprint density at radius 2 is 1.33 bits per heavy atom. The molecular formula is C16H10Cl2N4O2. The molecule has 0 atom stereocenters. The second-order valence-corrected chi connectivity index (χ2v) is 5.69. The van der Waals surface area contributed by atoms with E-state index in [-0.39, 0.29) is 5.69 Å². The van der Waals surface area contributed by atoms with Crippen LogP contribution in [-0.2, 0) is 0 Å². The van der Waals surface area contributed by atoms with Crippen LogP contribution in [0.1, 0.15) is 0 Å². The van der Waals surface area contributed by atoms with E-state index in [1.807, 2.05) is 0 Å². The highest BCUT2D eigenvalue weighted by Crippen LogP contribution is 2.27. The van der Waals surface area contributed by atoms with Crippen molar-refractivity contribution in [1.29, 1.82) is 0 Å². The van der Waals surface area contributed by atoms with Crippen LogP contribution in [0.2, 0.25) is 10.0 Å². The zero-order chi connectivity index (χ0) is 17.1. The standard InChI is InChI=1S/C16H10Cl2N4O2/c17-10-3-1-9(2-4-10)13-14(15(23)16(24)22-20-13)21-19-12-7-5-11(18)6-8-12/h1-8H,(H,20,23)(H,22,24). The lowest BCUT2D eigenvalue weighted by molar-refractivity contribution is 0.970. The van der Waals surface area contributed by atoms with Gasteiger partial charge in [0, 0.05) is 15.6 Å². The molecule has 0 saturated heterocycles. The van der Waals surface area contributed by atoms with E-state index in [4.69, 9.17) is 23.2 Å². The van der Waals surface area contributed by atoms with E-state index in [1.165, 1.54) is 0 Å². The maximum absolute atomic E-state index is 12.1. The molecule has 0 aliphatic carbocycles. The molecule has 0 aliphatic heterocycles. The number of halogens is 2. The Bertz CT molecular complexity index is 1010. The molecule has 0 radical (unpaired) electrons. The van der Waals surface area contributed by atoms with Crippen molar-refractivity contribution < 1.29 is 0 Å². The summed E-state index contributed by atoms with van der Waals surface area (Å²) in [6.45, 7) is 0. The number of H-pyrrole nitrogens is 2. The molecular weight excluding hydrogens is 351 g/mol. The minimum absolute atomic E-state index is 0.0870. The topological polar surface area (TPSA) is 90.4 Å². The van der Waals surface area contributed by atoms with Crippen molar-refractivity contribution in [1.82, 2.24) is 10.2 Å². The van der Waals surface area contributed by atoms with Crippen LogP contribution in [0, 0.1) is 0 Å². The quantitative estimate of drug-likeness (QED) is 0.533. The first kappa shape index (κ1) is 16.2. The average molecular weight is 361 g/mol. The molecule has 6 nitrogen and oxygen atoms in total. The van der Waals surface area contributed by atoms with Crippen LogP contribution in [-0.4, -0.2) is 10.2 Å². The van der Waals surface area contributed by atoms with Crippen molar-refractivity contribution in [2.24, 2.45) is 10.2 Å². The number of nitrogens with zero attached hydrogens (tertiary/aromatic N) is 2. The third-order valence-electron chi connectivity index (χ3n) is 3.18.